The van der Waals surface area contributed by atoms with E-state index in [1.807, 2.05) is 12.1 Å². The maximum absolute atomic E-state index is 12.2. The number of nitriles is 2. The average Bonchev–Trinajstić information content (AvgIpc) is 2.86. The van der Waals surface area contributed by atoms with Crippen LogP contribution in [0.15, 0.2) is 4.36 Å². The van der Waals surface area contributed by atoms with E-state index in [0.717, 1.165) is 50.8 Å². The molecule has 0 amide bonds. The van der Waals surface area contributed by atoms with Crippen LogP contribution in [0.2, 0.25) is 0 Å². The van der Waals surface area contributed by atoms with Crippen molar-refractivity contribution in [2.75, 3.05) is 50.8 Å². The maximum Gasteiger partial charge on any atom is 0.157 e. The van der Waals surface area contributed by atoms with Crippen molar-refractivity contribution in [3.63, 3.8) is 0 Å². The first kappa shape index (κ1) is 36.2. The molecule has 2 rings (SSSR count). The molecule has 0 aliphatic carbocycles. The Balaban J connectivity index is 0.000000577. The second-order valence-corrected chi connectivity index (χ2v) is 16.2. The lowest BCUT2D eigenvalue weighted by Crippen LogP contribution is -2.29. The van der Waals surface area contributed by atoms with Gasteiger partial charge >= 0.3 is 0 Å². The fraction of sp³-hybridized carbons (Fsp3) is 0.917. The van der Waals surface area contributed by atoms with Crippen LogP contribution < -0.4 is 0 Å². The summed E-state index contributed by atoms with van der Waals surface area (Å²) < 4.78 is 53.9. The Morgan fingerprint density at radius 3 is 1.70 bits per heavy atom. The summed E-state index contributed by atoms with van der Waals surface area (Å²) in [6, 6.07) is 3.86. The van der Waals surface area contributed by atoms with Crippen molar-refractivity contribution in [1.82, 2.24) is 0 Å². The summed E-state index contributed by atoms with van der Waals surface area (Å²) in [6.07, 6.45) is 9.33. The van der Waals surface area contributed by atoms with Crippen LogP contribution in [0, 0.1) is 27.4 Å². The summed E-state index contributed by atoms with van der Waals surface area (Å²) in [7, 11) is -5.23. The molecule has 0 spiro atoms. The molecule has 4 unspecified atom stereocenters. The monoisotopic (exact) mass is 628 g/mol. The Labute approximate surface area is 233 Å². The van der Waals surface area contributed by atoms with Crippen molar-refractivity contribution < 1.29 is 27.4 Å². The Hall–Kier alpha value is -0.800. The molecule has 0 aromatic heterocycles. The van der Waals surface area contributed by atoms with Crippen molar-refractivity contribution in [3.05, 3.63) is 0 Å². The number of nitrogens with zero attached hydrogens (tertiary/aromatic N) is 3. The van der Waals surface area contributed by atoms with E-state index in [4.69, 9.17) is 34.3 Å². The van der Waals surface area contributed by atoms with Gasteiger partial charge in [-0.25, -0.2) is 12.8 Å². The van der Waals surface area contributed by atoms with Crippen LogP contribution >= 0.6 is 15.9 Å². The van der Waals surface area contributed by atoms with Gasteiger partial charge in [-0.15, -0.1) is 0 Å². The molecule has 0 bridgehead atoms. The Bertz CT molecular complexity index is 955. The van der Waals surface area contributed by atoms with Crippen molar-refractivity contribution >= 4 is 35.4 Å². The van der Waals surface area contributed by atoms with Crippen LogP contribution in [-0.4, -0.2) is 81.3 Å². The fourth-order valence-electron chi connectivity index (χ4n) is 2.59. The SMILES string of the molecule is BrCCOC1CCCCO1.CC(C)(C#N)S(C)(=N)=O.CC(C)(C#N)S(C)(=O)=NCCOC1CCCCO1. The van der Waals surface area contributed by atoms with Gasteiger partial charge in [0.25, 0.3) is 0 Å². The molecule has 0 aromatic rings. The first-order valence-corrected chi connectivity index (χ1v) is 17.4. The highest BCUT2D eigenvalue weighted by Crippen LogP contribution is 2.17. The van der Waals surface area contributed by atoms with Crippen molar-refractivity contribution in [1.29, 1.82) is 15.3 Å². The van der Waals surface area contributed by atoms with Gasteiger partial charge < -0.3 is 18.9 Å². The molecular weight excluding hydrogens is 584 g/mol. The summed E-state index contributed by atoms with van der Waals surface area (Å²) in [4.78, 5) is 0. The van der Waals surface area contributed by atoms with E-state index in [1.165, 1.54) is 39.2 Å². The Kier molecular flexibility index (Phi) is 17.3. The predicted molar refractivity (Wildman–Crippen MR) is 150 cm³/mol. The molecule has 1 N–H and O–H groups in total. The minimum Gasteiger partial charge on any atom is -0.353 e. The third-order valence-corrected chi connectivity index (χ3v) is 10.9. The highest BCUT2D eigenvalue weighted by molar-refractivity contribution is 9.09. The van der Waals surface area contributed by atoms with Crippen LogP contribution in [0.1, 0.15) is 66.2 Å². The molecule has 4 atom stereocenters. The first-order chi connectivity index (χ1) is 17.1. The number of ether oxygens (including phenoxy) is 4. The van der Waals surface area contributed by atoms with E-state index in [9.17, 15) is 8.42 Å². The summed E-state index contributed by atoms with van der Waals surface area (Å²) in [6.45, 7) is 9.38. The van der Waals surface area contributed by atoms with E-state index < -0.39 is 29.0 Å². The number of hydrogen-bond acceptors (Lipinski definition) is 10. The predicted octanol–water partition coefficient (Wildman–Crippen LogP) is 4.82. The van der Waals surface area contributed by atoms with E-state index >= 15 is 0 Å². The number of hydrogen-bond donors (Lipinski definition) is 1. The van der Waals surface area contributed by atoms with Crippen LogP contribution in [0.25, 0.3) is 0 Å². The Morgan fingerprint density at radius 2 is 1.38 bits per heavy atom. The number of nitrogens with one attached hydrogen (secondary N) is 1. The summed E-state index contributed by atoms with van der Waals surface area (Å²) >= 11 is 3.30. The number of rotatable bonds is 9. The summed E-state index contributed by atoms with van der Waals surface area (Å²) in [5.41, 5.74) is 0. The molecule has 2 aliphatic rings. The normalized spacial score (nSPS) is 23.3. The number of alkyl halides is 1. The molecule has 2 heterocycles. The van der Waals surface area contributed by atoms with Gasteiger partial charge in [0.2, 0.25) is 0 Å². The zero-order chi connectivity index (χ0) is 28.6. The zero-order valence-corrected chi connectivity index (χ0v) is 26.3. The molecule has 216 valence electrons. The molecule has 10 nitrogen and oxygen atoms in total. The molecular formula is C24H45BrN4O6S2. The Morgan fingerprint density at radius 1 is 0.919 bits per heavy atom. The van der Waals surface area contributed by atoms with E-state index in [-0.39, 0.29) is 12.6 Å². The zero-order valence-electron chi connectivity index (χ0n) is 23.1. The van der Waals surface area contributed by atoms with Crippen molar-refractivity contribution in [2.24, 2.45) is 4.36 Å². The topological polar surface area (TPSA) is 155 Å². The lowest BCUT2D eigenvalue weighted by Gasteiger charge is -2.22. The molecule has 37 heavy (non-hydrogen) atoms. The summed E-state index contributed by atoms with van der Waals surface area (Å²) in [5.74, 6) is 0. The highest BCUT2D eigenvalue weighted by Gasteiger charge is 2.28. The smallest absolute Gasteiger partial charge is 0.157 e. The highest BCUT2D eigenvalue weighted by atomic mass is 79.9. The van der Waals surface area contributed by atoms with E-state index in [1.54, 1.807) is 13.8 Å². The van der Waals surface area contributed by atoms with Gasteiger partial charge in [-0.1, -0.05) is 15.9 Å². The van der Waals surface area contributed by atoms with Gasteiger partial charge in [0.05, 0.1) is 51.4 Å². The summed E-state index contributed by atoms with van der Waals surface area (Å²) in [5, 5.41) is 18.2. The van der Waals surface area contributed by atoms with Gasteiger partial charge in [0, 0.05) is 31.1 Å². The van der Waals surface area contributed by atoms with Crippen LogP contribution in [0.3, 0.4) is 0 Å². The maximum atomic E-state index is 12.2. The second-order valence-electron chi connectivity index (χ2n) is 9.77. The largest absolute Gasteiger partial charge is 0.353 e. The standard InChI is InChI=1S/C12H22N2O3S.C7H13BrO2.C5H10N2OS/c1-12(2,10-13)18(3,15)14-7-9-17-11-6-4-5-8-16-11;8-4-6-10-7-3-1-2-5-9-7;1-5(2,4-6)9(3,7)8/h11H,4-9H2,1-3H3;7H,1-6H2;7H,1-3H3. The molecule has 0 radical (unpaired) electrons. The van der Waals surface area contributed by atoms with Gasteiger partial charge in [-0.3, -0.25) is 4.78 Å². The molecule has 13 heteroatoms. The van der Waals surface area contributed by atoms with E-state index in [2.05, 4.69) is 20.3 Å². The minimum atomic E-state index is -2.71. The molecule has 2 saturated heterocycles. The average molecular weight is 630 g/mol. The number of halogens is 1. The van der Waals surface area contributed by atoms with Crippen LogP contribution in [0.5, 0.6) is 0 Å². The third-order valence-electron chi connectivity index (χ3n) is 5.85. The molecule has 2 fully saturated rings. The molecule has 2 aliphatic heterocycles. The molecule has 0 aromatic carbocycles. The van der Waals surface area contributed by atoms with Crippen molar-refractivity contribution in [2.45, 2.75) is 88.3 Å². The lowest BCUT2D eigenvalue weighted by molar-refractivity contribution is -0.160. The van der Waals surface area contributed by atoms with E-state index in [0.29, 0.717) is 13.2 Å². The van der Waals surface area contributed by atoms with Crippen molar-refractivity contribution in [3.8, 4) is 12.1 Å². The lowest BCUT2D eigenvalue weighted by atomic mass is 10.2. The van der Waals surface area contributed by atoms with Gasteiger partial charge in [0.1, 0.15) is 9.49 Å². The minimum absolute atomic E-state index is 0.0753. The van der Waals surface area contributed by atoms with Crippen LogP contribution in [0.4, 0.5) is 0 Å². The fourth-order valence-corrected chi connectivity index (χ4v) is 3.87. The van der Waals surface area contributed by atoms with Gasteiger partial charge in [-0.2, -0.15) is 10.5 Å². The third kappa shape index (κ3) is 14.8. The van der Waals surface area contributed by atoms with Gasteiger partial charge in [0.15, 0.2) is 12.6 Å². The van der Waals surface area contributed by atoms with Gasteiger partial charge in [-0.05, 0) is 66.2 Å². The second kappa shape index (κ2) is 17.7. The first-order valence-electron chi connectivity index (χ1n) is 12.4. The molecule has 0 saturated carbocycles. The quantitative estimate of drug-likeness (QED) is 0.281. The van der Waals surface area contributed by atoms with Crippen LogP contribution in [-0.2, 0) is 38.4 Å².